The summed E-state index contributed by atoms with van der Waals surface area (Å²) in [5, 5.41) is 17.4. The minimum Gasteiger partial charge on any atom is -0.480 e. The topological polar surface area (TPSA) is 95.5 Å². The first-order chi connectivity index (χ1) is 13.8. The third-order valence-electron chi connectivity index (χ3n) is 4.07. The van der Waals surface area contributed by atoms with E-state index in [1.165, 1.54) is 11.3 Å². The summed E-state index contributed by atoms with van der Waals surface area (Å²) in [7, 11) is 0. The number of nitrogens with one attached hydrogen (secondary N) is 2. The lowest BCUT2D eigenvalue weighted by Crippen LogP contribution is -2.42. The summed E-state index contributed by atoms with van der Waals surface area (Å²) in [5.74, 6) is -1.98. The lowest BCUT2D eigenvalue weighted by molar-refractivity contribution is -0.139. The van der Waals surface area contributed by atoms with Crippen LogP contribution in [0.1, 0.15) is 30.5 Å². The Morgan fingerprint density at radius 3 is 2.55 bits per heavy atom. The number of carbonyl (C=O) groups is 3. The molecule has 3 aromatic rings. The lowest BCUT2D eigenvalue weighted by Gasteiger charge is -2.13. The first-order valence-electron chi connectivity index (χ1n) is 8.57. The number of amides is 2. The number of aliphatic carboxylic acids is 1. The Morgan fingerprint density at radius 2 is 1.90 bits per heavy atom. The molecule has 29 heavy (non-hydrogen) atoms. The highest BCUT2D eigenvalue weighted by molar-refractivity contribution is 7.18. The van der Waals surface area contributed by atoms with Gasteiger partial charge in [-0.3, -0.25) is 9.59 Å². The highest BCUT2D eigenvalue weighted by atomic mass is 35.5. The van der Waals surface area contributed by atoms with Crippen molar-refractivity contribution in [3.05, 3.63) is 73.7 Å². The Hall–Kier alpha value is -2.68. The van der Waals surface area contributed by atoms with Crippen molar-refractivity contribution in [1.82, 2.24) is 5.32 Å². The molecule has 0 aliphatic rings. The molecule has 3 rings (SSSR count). The van der Waals surface area contributed by atoms with Gasteiger partial charge in [-0.25, -0.2) is 4.79 Å². The summed E-state index contributed by atoms with van der Waals surface area (Å²) in [6.07, 6.45) is 0.208. The van der Waals surface area contributed by atoms with Gasteiger partial charge in [-0.15, -0.1) is 22.7 Å². The number of thiophene rings is 2. The van der Waals surface area contributed by atoms with Crippen molar-refractivity contribution < 1.29 is 19.5 Å². The van der Waals surface area contributed by atoms with Crippen LogP contribution in [0.25, 0.3) is 0 Å². The van der Waals surface area contributed by atoms with Crippen LogP contribution < -0.4 is 10.6 Å². The van der Waals surface area contributed by atoms with Gasteiger partial charge in [-0.2, -0.15) is 0 Å². The summed E-state index contributed by atoms with van der Waals surface area (Å²) in [6.45, 7) is 1.73. The lowest BCUT2D eigenvalue weighted by atomic mass is 10.1. The fourth-order valence-corrected chi connectivity index (χ4v) is 4.59. The van der Waals surface area contributed by atoms with E-state index in [0.717, 1.165) is 16.2 Å². The molecule has 6 nitrogen and oxygen atoms in total. The number of rotatable bonds is 7. The van der Waals surface area contributed by atoms with E-state index < -0.39 is 17.9 Å². The molecule has 3 N–H and O–H groups in total. The van der Waals surface area contributed by atoms with Crippen molar-refractivity contribution in [2.24, 2.45) is 0 Å². The number of hydrogen-bond acceptors (Lipinski definition) is 5. The molecule has 2 heterocycles. The molecule has 1 aromatic carbocycles. The number of anilines is 1. The first-order valence-corrected chi connectivity index (χ1v) is 10.6. The van der Waals surface area contributed by atoms with Gasteiger partial charge in [0.05, 0.1) is 20.5 Å². The summed E-state index contributed by atoms with van der Waals surface area (Å²) < 4.78 is 0. The second-order valence-corrected chi connectivity index (χ2v) is 8.70. The second-order valence-electron chi connectivity index (χ2n) is 6.20. The Bertz CT molecular complexity index is 1050. The van der Waals surface area contributed by atoms with E-state index in [9.17, 15) is 19.5 Å². The molecule has 1 unspecified atom stereocenters. The third-order valence-corrected chi connectivity index (χ3v) is 6.45. The molecule has 0 radical (unpaired) electrons. The molecule has 0 saturated heterocycles. The van der Waals surface area contributed by atoms with E-state index >= 15 is 0 Å². The highest BCUT2D eigenvalue weighted by Gasteiger charge is 2.24. The fraction of sp³-hybridized carbons (Fsp3) is 0.150. The molecule has 2 aromatic heterocycles. The van der Waals surface area contributed by atoms with Crippen molar-refractivity contribution in [2.75, 3.05) is 5.32 Å². The zero-order valence-corrected chi connectivity index (χ0v) is 17.7. The molecular weight excluding hydrogens is 432 g/mol. The molecule has 1 atom stereocenters. The largest absolute Gasteiger partial charge is 0.480 e. The smallest absolute Gasteiger partial charge is 0.326 e. The fourth-order valence-electron chi connectivity index (χ4n) is 2.65. The number of carboxylic acids is 1. The number of carbonyl (C=O) groups excluding carboxylic acids is 2. The molecule has 0 spiro atoms. The Labute approximate surface area is 180 Å². The molecule has 2 amide bonds. The molecule has 0 aliphatic heterocycles. The summed E-state index contributed by atoms with van der Waals surface area (Å²) in [4.78, 5) is 37.8. The molecular formula is C20H17ClN2O4S2. The number of benzene rings is 1. The number of hydrogen-bond donors (Lipinski definition) is 3. The zero-order chi connectivity index (χ0) is 21.0. The highest BCUT2D eigenvalue weighted by Crippen LogP contribution is 2.28. The van der Waals surface area contributed by atoms with Crippen LogP contribution in [0.2, 0.25) is 5.02 Å². The third kappa shape index (κ3) is 5.23. The molecule has 0 fully saturated rings. The maximum Gasteiger partial charge on any atom is 0.326 e. The van der Waals surface area contributed by atoms with Crippen molar-refractivity contribution in [3.8, 4) is 0 Å². The van der Waals surface area contributed by atoms with E-state index in [1.807, 2.05) is 17.5 Å². The van der Waals surface area contributed by atoms with Gasteiger partial charge >= 0.3 is 5.97 Å². The van der Waals surface area contributed by atoms with Gasteiger partial charge in [-0.05, 0) is 42.1 Å². The van der Waals surface area contributed by atoms with E-state index in [1.54, 1.807) is 37.3 Å². The van der Waals surface area contributed by atoms with E-state index in [4.69, 9.17) is 11.6 Å². The SMILES string of the molecule is Cc1cc(NC(=O)c2ccccc2Cl)sc1C(=O)NC(Cc1cccs1)C(=O)O. The molecule has 0 aliphatic carbocycles. The van der Waals surface area contributed by atoms with E-state index in [-0.39, 0.29) is 12.3 Å². The number of carboxylic acid groups (broad SMARTS) is 1. The average molecular weight is 449 g/mol. The summed E-state index contributed by atoms with van der Waals surface area (Å²) >= 11 is 8.56. The van der Waals surface area contributed by atoms with Crippen molar-refractivity contribution in [1.29, 1.82) is 0 Å². The number of halogens is 1. The van der Waals surface area contributed by atoms with Gasteiger partial charge in [0, 0.05) is 11.3 Å². The van der Waals surface area contributed by atoms with Crippen LogP contribution in [0.4, 0.5) is 5.00 Å². The van der Waals surface area contributed by atoms with Crippen LogP contribution in [0.3, 0.4) is 0 Å². The summed E-state index contributed by atoms with van der Waals surface area (Å²) in [6, 6.07) is 10.9. The van der Waals surface area contributed by atoms with Gasteiger partial charge in [0.2, 0.25) is 0 Å². The second kappa shape index (κ2) is 9.21. The normalized spacial score (nSPS) is 11.7. The minimum atomic E-state index is -1.10. The Balaban J connectivity index is 1.71. The van der Waals surface area contributed by atoms with Gasteiger partial charge in [0.25, 0.3) is 11.8 Å². The molecule has 150 valence electrons. The molecule has 0 saturated carbocycles. The van der Waals surface area contributed by atoms with Crippen LogP contribution in [-0.2, 0) is 11.2 Å². The van der Waals surface area contributed by atoms with Gasteiger partial charge in [0.1, 0.15) is 6.04 Å². The Kier molecular flexibility index (Phi) is 6.68. The maximum atomic E-state index is 12.6. The van der Waals surface area contributed by atoms with Crippen molar-refractivity contribution >= 4 is 57.1 Å². The van der Waals surface area contributed by atoms with Gasteiger partial charge in [-0.1, -0.05) is 29.8 Å². The minimum absolute atomic E-state index is 0.208. The predicted molar refractivity (Wildman–Crippen MR) is 115 cm³/mol. The Morgan fingerprint density at radius 1 is 1.14 bits per heavy atom. The monoisotopic (exact) mass is 448 g/mol. The maximum absolute atomic E-state index is 12.6. The van der Waals surface area contributed by atoms with Crippen LogP contribution in [0, 0.1) is 6.92 Å². The van der Waals surface area contributed by atoms with E-state index in [2.05, 4.69) is 10.6 Å². The zero-order valence-electron chi connectivity index (χ0n) is 15.3. The summed E-state index contributed by atoms with van der Waals surface area (Å²) in [5.41, 5.74) is 0.968. The van der Waals surface area contributed by atoms with Crippen LogP contribution >= 0.6 is 34.3 Å². The predicted octanol–water partition coefficient (Wildman–Crippen LogP) is 4.45. The van der Waals surface area contributed by atoms with Crippen LogP contribution in [-0.4, -0.2) is 28.9 Å². The van der Waals surface area contributed by atoms with Gasteiger partial charge in [0.15, 0.2) is 0 Å². The quantitative estimate of drug-likeness (QED) is 0.497. The first kappa shape index (κ1) is 21.0. The van der Waals surface area contributed by atoms with Crippen LogP contribution in [0.15, 0.2) is 47.8 Å². The standard InChI is InChI=1S/C20H17ClN2O4S2/c1-11-9-16(23-18(24)13-6-2-3-7-14(13)21)29-17(11)19(25)22-15(20(26)27)10-12-5-4-8-28-12/h2-9,15H,10H2,1H3,(H,22,25)(H,23,24)(H,26,27). The van der Waals surface area contributed by atoms with E-state index in [0.29, 0.717) is 26.0 Å². The van der Waals surface area contributed by atoms with Crippen LogP contribution in [0.5, 0.6) is 0 Å². The average Bonchev–Trinajstić information content (AvgIpc) is 3.30. The van der Waals surface area contributed by atoms with Crippen molar-refractivity contribution in [2.45, 2.75) is 19.4 Å². The van der Waals surface area contributed by atoms with Crippen molar-refractivity contribution in [3.63, 3.8) is 0 Å². The molecule has 9 heteroatoms. The van der Waals surface area contributed by atoms with Gasteiger partial charge < -0.3 is 15.7 Å². The molecule has 0 bridgehead atoms. The number of aryl methyl sites for hydroxylation is 1.